The molecule has 0 aromatic heterocycles. The van der Waals surface area contributed by atoms with Crippen LogP contribution in [0.4, 0.5) is 5.69 Å². The number of hydrogen-bond acceptors (Lipinski definition) is 3. The lowest BCUT2D eigenvalue weighted by Crippen LogP contribution is -2.51. The summed E-state index contributed by atoms with van der Waals surface area (Å²) in [6.07, 6.45) is 0.167. The predicted molar refractivity (Wildman–Crippen MR) is 75.1 cm³/mol. The maximum atomic E-state index is 10.8. The van der Waals surface area contributed by atoms with Crippen LogP contribution < -0.4 is 10.2 Å². The zero-order valence-corrected chi connectivity index (χ0v) is 11.9. The predicted octanol–water partition coefficient (Wildman–Crippen LogP) is 2.01. The first kappa shape index (κ1) is 13.4. The molecule has 1 aliphatic heterocycles. The number of nitrogens with one attached hydrogen (secondary N) is 1. The highest BCUT2D eigenvalue weighted by molar-refractivity contribution is 9.10. The van der Waals surface area contributed by atoms with Gasteiger partial charge in [-0.3, -0.25) is 4.79 Å². The van der Waals surface area contributed by atoms with Gasteiger partial charge in [-0.05, 0) is 40.5 Å². The van der Waals surface area contributed by atoms with Gasteiger partial charge < -0.3 is 15.3 Å². The molecule has 1 heterocycles. The standard InChI is InChI=1S/C13H17BrN2O2/c1-9-2-3-12(11(14)6-9)16-5-4-15-10(8-16)7-13(17)18/h2-3,6,10,15H,4-5,7-8H2,1H3,(H,17,18). The highest BCUT2D eigenvalue weighted by atomic mass is 79.9. The van der Waals surface area contributed by atoms with Crippen LogP contribution in [0.3, 0.4) is 0 Å². The van der Waals surface area contributed by atoms with Gasteiger partial charge in [-0.25, -0.2) is 0 Å². The van der Waals surface area contributed by atoms with E-state index in [2.05, 4.69) is 51.3 Å². The van der Waals surface area contributed by atoms with Crippen LogP contribution in [0.5, 0.6) is 0 Å². The maximum Gasteiger partial charge on any atom is 0.304 e. The van der Waals surface area contributed by atoms with Gasteiger partial charge in [0.25, 0.3) is 0 Å². The van der Waals surface area contributed by atoms with Crippen molar-refractivity contribution in [2.75, 3.05) is 24.5 Å². The third-order valence-electron chi connectivity index (χ3n) is 3.12. The number of carbonyl (C=O) groups is 1. The normalized spacial score (nSPS) is 19.9. The van der Waals surface area contributed by atoms with Crippen molar-refractivity contribution < 1.29 is 9.90 Å². The molecule has 5 heteroatoms. The van der Waals surface area contributed by atoms with Crippen molar-refractivity contribution in [3.63, 3.8) is 0 Å². The van der Waals surface area contributed by atoms with E-state index in [-0.39, 0.29) is 12.5 Å². The molecule has 0 saturated carbocycles. The summed E-state index contributed by atoms with van der Waals surface area (Å²) in [4.78, 5) is 13.0. The Labute approximate surface area is 115 Å². The molecule has 1 fully saturated rings. The zero-order chi connectivity index (χ0) is 13.1. The molecule has 0 aliphatic carbocycles. The summed E-state index contributed by atoms with van der Waals surface area (Å²) in [7, 11) is 0. The van der Waals surface area contributed by atoms with E-state index in [1.165, 1.54) is 5.56 Å². The number of piperazine rings is 1. The van der Waals surface area contributed by atoms with Gasteiger partial charge in [0.05, 0.1) is 12.1 Å². The Morgan fingerprint density at radius 1 is 1.61 bits per heavy atom. The summed E-state index contributed by atoms with van der Waals surface area (Å²) in [5, 5.41) is 12.1. The molecule has 1 unspecified atom stereocenters. The lowest BCUT2D eigenvalue weighted by Gasteiger charge is -2.35. The van der Waals surface area contributed by atoms with E-state index in [0.717, 1.165) is 29.8 Å². The first-order valence-electron chi connectivity index (χ1n) is 6.02. The smallest absolute Gasteiger partial charge is 0.304 e. The van der Waals surface area contributed by atoms with Gasteiger partial charge in [0.15, 0.2) is 0 Å². The van der Waals surface area contributed by atoms with Gasteiger partial charge in [0.2, 0.25) is 0 Å². The number of rotatable bonds is 3. The fourth-order valence-electron chi connectivity index (χ4n) is 2.26. The zero-order valence-electron chi connectivity index (χ0n) is 10.3. The summed E-state index contributed by atoms with van der Waals surface area (Å²) in [6.45, 7) is 4.50. The van der Waals surface area contributed by atoms with Crippen LogP contribution in [-0.2, 0) is 4.79 Å². The molecule has 18 heavy (non-hydrogen) atoms. The molecular formula is C13H17BrN2O2. The van der Waals surface area contributed by atoms with Crippen molar-refractivity contribution in [3.8, 4) is 0 Å². The molecule has 2 N–H and O–H groups in total. The number of carboxylic acid groups (broad SMARTS) is 1. The molecule has 0 radical (unpaired) electrons. The number of nitrogens with zero attached hydrogens (tertiary/aromatic N) is 1. The van der Waals surface area contributed by atoms with E-state index in [1.807, 2.05) is 0 Å². The summed E-state index contributed by atoms with van der Waals surface area (Å²) < 4.78 is 1.07. The summed E-state index contributed by atoms with van der Waals surface area (Å²) in [5.41, 5.74) is 2.35. The minimum absolute atomic E-state index is 0.0180. The van der Waals surface area contributed by atoms with Crippen LogP contribution in [0.1, 0.15) is 12.0 Å². The van der Waals surface area contributed by atoms with Gasteiger partial charge in [-0.2, -0.15) is 0 Å². The van der Waals surface area contributed by atoms with E-state index >= 15 is 0 Å². The lowest BCUT2D eigenvalue weighted by atomic mass is 10.1. The van der Waals surface area contributed by atoms with Crippen LogP contribution in [0.25, 0.3) is 0 Å². The van der Waals surface area contributed by atoms with Gasteiger partial charge in [0.1, 0.15) is 0 Å². The van der Waals surface area contributed by atoms with E-state index in [9.17, 15) is 4.79 Å². The largest absolute Gasteiger partial charge is 0.481 e. The summed E-state index contributed by atoms with van der Waals surface area (Å²) >= 11 is 3.58. The van der Waals surface area contributed by atoms with Crippen molar-refractivity contribution in [3.05, 3.63) is 28.2 Å². The second kappa shape index (κ2) is 5.71. The number of aliphatic carboxylic acids is 1. The summed E-state index contributed by atoms with van der Waals surface area (Å²) in [5.74, 6) is -0.752. The number of halogens is 1. The SMILES string of the molecule is Cc1ccc(N2CCNC(CC(=O)O)C2)c(Br)c1. The number of carboxylic acids is 1. The Morgan fingerprint density at radius 3 is 3.06 bits per heavy atom. The molecule has 0 amide bonds. The third kappa shape index (κ3) is 3.23. The minimum atomic E-state index is -0.752. The highest BCUT2D eigenvalue weighted by Gasteiger charge is 2.22. The Bertz CT molecular complexity index is 451. The molecule has 1 aromatic rings. The second-order valence-electron chi connectivity index (χ2n) is 4.65. The quantitative estimate of drug-likeness (QED) is 0.896. The molecule has 1 aromatic carbocycles. The Kier molecular flexibility index (Phi) is 4.24. The molecule has 0 spiro atoms. The van der Waals surface area contributed by atoms with Gasteiger partial charge in [-0.15, -0.1) is 0 Å². The minimum Gasteiger partial charge on any atom is -0.481 e. The third-order valence-corrected chi connectivity index (χ3v) is 3.76. The second-order valence-corrected chi connectivity index (χ2v) is 5.50. The number of benzene rings is 1. The van der Waals surface area contributed by atoms with Crippen molar-refractivity contribution >= 4 is 27.6 Å². The van der Waals surface area contributed by atoms with Gasteiger partial charge >= 0.3 is 5.97 Å². The van der Waals surface area contributed by atoms with Crippen LogP contribution >= 0.6 is 15.9 Å². The lowest BCUT2D eigenvalue weighted by molar-refractivity contribution is -0.137. The molecule has 98 valence electrons. The van der Waals surface area contributed by atoms with Gasteiger partial charge in [-0.1, -0.05) is 6.07 Å². The molecule has 1 aliphatic rings. The van der Waals surface area contributed by atoms with Crippen molar-refractivity contribution in [2.24, 2.45) is 0 Å². The topological polar surface area (TPSA) is 52.6 Å². The van der Waals surface area contributed by atoms with Crippen molar-refractivity contribution in [1.82, 2.24) is 5.32 Å². The fraction of sp³-hybridized carbons (Fsp3) is 0.462. The fourth-order valence-corrected chi connectivity index (χ4v) is 3.00. The van der Waals surface area contributed by atoms with Gasteiger partial charge in [0, 0.05) is 30.1 Å². The van der Waals surface area contributed by atoms with Crippen molar-refractivity contribution in [2.45, 2.75) is 19.4 Å². The van der Waals surface area contributed by atoms with Crippen molar-refractivity contribution in [1.29, 1.82) is 0 Å². The number of hydrogen-bond donors (Lipinski definition) is 2. The molecular weight excluding hydrogens is 296 g/mol. The number of anilines is 1. The van der Waals surface area contributed by atoms with E-state index < -0.39 is 5.97 Å². The van der Waals surface area contributed by atoms with E-state index in [0.29, 0.717) is 0 Å². The molecule has 2 rings (SSSR count). The average Bonchev–Trinajstić information content (AvgIpc) is 2.28. The maximum absolute atomic E-state index is 10.8. The van der Waals surface area contributed by atoms with Crippen LogP contribution in [-0.4, -0.2) is 36.8 Å². The molecule has 1 atom stereocenters. The molecule has 1 saturated heterocycles. The monoisotopic (exact) mass is 312 g/mol. The first-order valence-corrected chi connectivity index (χ1v) is 6.82. The summed E-state index contributed by atoms with van der Waals surface area (Å²) in [6, 6.07) is 6.27. The Hall–Kier alpha value is -1.07. The Balaban J connectivity index is 2.10. The molecule has 4 nitrogen and oxygen atoms in total. The van der Waals surface area contributed by atoms with Crippen LogP contribution in [0.2, 0.25) is 0 Å². The van der Waals surface area contributed by atoms with Crippen LogP contribution in [0.15, 0.2) is 22.7 Å². The van der Waals surface area contributed by atoms with E-state index in [1.54, 1.807) is 0 Å². The Morgan fingerprint density at radius 2 is 2.39 bits per heavy atom. The highest BCUT2D eigenvalue weighted by Crippen LogP contribution is 2.28. The average molecular weight is 313 g/mol. The van der Waals surface area contributed by atoms with E-state index in [4.69, 9.17) is 5.11 Å². The first-order chi connectivity index (χ1) is 8.56. The van der Waals surface area contributed by atoms with Crippen LogP contribution in [0, 0.1) is 6.92 Å². The number of aryl methyl sites for hydroxylation is 1. The molecule has 0 bridgehead atoms.